The molecule has 0 unspecified atom stereocenters. The number of likely N-dealkylation sites (tertiary alicyclic amines) is 1. The quantitative estimate of drug-likeness (QED) is 0.536. The number of benzene rings is 1. The van der Waals surface area contributed by atoms with Crippen LogP contribution in [0.15, 0.2) is 42.9 Å². The van der Waals surface area contributed by atoms with Gasteiger partial charge in [0.25, 0.3) is 0 Å². The van der Waals surface area contributed by atoms with Gasteiger partial charge in [0.1, 0.15) is 30.3 Å². The third kappa shape index (κ3) is 5.60. The molecule has 0 spiro atoms. The molecule has 3 heterocycles. The molecule has 1 aliphatic rings. The van der Waals surface area contributed by atoms with Gasteiger partial charge in [-0.15, -0.1) is 0 Å². The molecule has 10 nitrogen and oxygen atoms in total. The van der Waals surface area contributed by atoms with E-state index < -0.39 is 24.8 Å². The fourth-order valence-corrected chi connectivity index (χ4v) is 3.83. The molecular formula is C25H28FN7O3. The molecule has 2 atom stereocenters. The number of ether oxygens (including phenoxy) is 1. The molecule has 1 amide bonds. The largest absolute Gasteiger partial charge is 0.486 e. The Bertz CT molecular complexity index is 1280. The van der Waals surface area contributed by atoms with E-state index in [4.69, 9.17) is 9.84 Å². The van der Waals surface area contributed by atoms with Crippen LogP contribution in [0, 0.1) is 11.3 Å². The Labute approximate surface area is 208 Å². The van der Waals surface area contributed by atoms with E-state index in [9.17, 15) is 14.4 Å². The summed E-state index contributed by atoms with van der Waals surface area (Å²) in [5.41, 5.74) is 1.46. The van der Waals surface area contributed by atoms with Gasteiger partial charge in [-0.3, -0.25) is 9.48 Å². The lowest BCUT2D eigenvalue weighted by molar-refractivity contribution is -0.138. The summed E-state index contributed by atoms with van der Waals surface area (Å²) in [4.78, 5) is 21.8. The monoisotopic (exact) mass is 493 g/mol. The van der Waals surface area contributed by atoms with Crippen LogP contribution in [0.4, 0.5) is 15.9 Å². The number of rotatable bonds is 6. The lowest BCUT2D eigenvalue weighted by atomic mass is 10.0. The van der Waals surface area contributed by atoms with Gasteiger partial charge in [-0.05, 0) is 45.0 Å². The van der Waals surface area contributed by atoms with Gasteiger partial charge in [-0.25, -0.2) is 14.4 Å². The van der Waals surface area contributed by atoms with E-state index in [1.165, 1.54) is 4.90 Å². The van der Waals surface area contributed by atoms with E-state index >= 15 is 0 Å². The molecule has 3 aromatic rings. The molecule has 1 saturated heterocycles. The number of alkyl halides is 1. The highest BCUT2D eigenvalue weighted by molar-refractivity contribution is 5.77. The van der Waals surface area contributed by atoms with E-state index in [0.29, 0.717) is 17.2 Å². The minimum Gasteiger partial charge on any atom is -0.486 e. The average Bonchev–Trinajstić information content (AvgIpc) is 3.34. The number of nitrogens with zero attached hydrogens (tertiary/aromatic N) is 6. The van der Waals surface area contributed by atoms with Crippen molar-refractivity contribution in [1.82, 2.24) is 24.6 Å². The van der Waals surface area contributed by atoms with Crippen LogP contribution < -0.4 is 10.1 Å². The number of anilines is 2. The number of aliphatic hydroxyl groups is 1. The Kier molecular flexibility index (Phi) is 7.17. The van der Waals surface area contributed by atoms with Gasteiger partial charge in [-0.2, -0.15) is 10.4 Å². The summed E-state index contributed by atoms with van der Waals surface area (Å²) in [6, 6.07) is 8.74. The van der Waals surface area contributed by atoms with Crippen molar-refractivity contribution in [2.45, 2.75) is 45.0 Å². The maximum atomic E-state index is 14.6. The number of carbonyl (C=O) groups excluding carboxylic acids is 1. The number of aromatic nitrogens is 4. The molecule has 4 rings (SSSR count). The van der Waals surface area contributed by atoms with Crippen LogP contribution in [0.5, 0.6) is 5.75 Å². The SMILES string of the molecule is CC(C)(C)n1cc(Nc2ccnc(-c3ccc(O[C@H]4CCN(C(=O)CO)C[C@H]4F)c(C#N)c3)n2)cn1. The standard InChI is InChI=1S/C25H28FN7O3/c1-25(2,3)33-13-18(12-29-33)30-22-6-8-28-24(31-22)16-4-5-20(17(10-16)11-27)36-21-7-9-32(14-19(21)26)23(35)15-34/h4-6,8,10,12-13,19,21,34H,7,9,14-15H2,1-3H3,(H,28,30,31)/t19-,21+/m1/s1. The molecule has 2 aromatic heterocycles. The number of halogens is 1. The van der Waals surface area contributed by atoms with Gasteiger partial charge in [0, 0.05) is 30.9 Å². The number of nitrogens with one attached hydrogen (secondary N) is 1. The van der Waals surface area contributed by atoms with Gasteiger partial charge in [-0.1, -0.05) is 0 Å². The molecule has 2 N–H and O–H groups in total. The van der Waals surface area contributed by atoms with E-state index in [1.54, 1.807) is 36.7 Å². The van der Waals surface area contributed by atoms with Crippen molar-refractivity contribution in [1.29, 1.82) is 5.26 Å². The van der Waals surface area contributed by atoms with Crippen molar-refractivity contribution >= 4 is 17.4 Å². The second-order valence-corrected chi connectivity index (χ2v) is 9.52. The van der Waals surface area contributed by atoms with E-state index in [-0.39, 0.29) is 36.4 Å². The molecule has 36 heavy (non-hydrogen) atoms. The van der Waals surface area contributed by atoms with Crippen molar-refractivity contribution in [2.75, 3.05) is 25.0 Å². The molecule has 1 aliphatic heterocycles. The first-order chi connectivity index (χ1) is 17.2. The Morgan fingerprint density at radius 3 is 2.83 bits per heavy atom. The number of piperidine rings is 1. The van der Waals surface area contributed by atoms with Gasteiger partial charge in [0.05, 0.1) is 29.5 Å². The van der Waals surface area contributed by atoms with Crippen molar-refractivity contribution in [3.05, 3.63) is 48.4 Å². The maximum absolute atomic E-state index is 14.6. The number of hydrogen-bond acceptors (Lipinski definition) is 8. The lowest BCUT2D eigenvalue weighted by Crippen LogP contribution is -2.50. The van der Waals surface area contributed by atoms with Crippen molar-refractivity contribution < 1.29 is 19.0 Å². The van der Waals surface area contributed by atoms with Crippen molar-refractivity contribution in [3.8, 4) is 23.2 Å². The Morgan fingerprint density at radius 2 is 2.17 bits per heavy atom. The lowest BCUT2D eigenvalue weighted by Gasteiger charge is -2.34. The molecule has 0 saturated carbocycles. The summed E-state index contributed by atoms with van der Waals surface area (Å²) in [5.74, 6) is 0.708. The van der Waals surface area contributed by atoms with Gasteiger partial charge in [0.2, 0.25) is 5.91 Å². The maximum Gasteiger partial charge on any atom is 0.248 e. The normalized spacial score (nSPS) is 17.9. The molecule has 1 fully saturated rings. The summed E-state index contributed by atoms with van der Waals surface area (Å²) in [7, 11) is 0. The van der Waals surface area contributed by atoms with Crippen LogP contribution >= 0.6 is 0 Å². The second kappa shape index (κ2) is 10.3. The van der Waals surface area contributed by atoms with Crippen LogP contribution in [-0.4, -0.2) is 67.6 Å². The fourth-order valence-electron chi connectivity index (χ4n) is 3.83. The summed E-state index contributed by atoms with van der Waals surface area (Å²) in [6.45, 7) is 5.63. The highest BCUT2D eigenvalue weighted by Gasteiger charge is 2.33. The van der Waals surface area contributed by atoms with Crippen LogP contribution in [0.3, 0.4) is 0 Å². The molecule has 0 aliphatic carbocycles. The number of hydrogen-bond donors (Lipinski definition) is 2. The van der Waals surface area contributed by atoms with E-state index in [0.717, 1.165) is 5.69 Å². The highest BCUT2D eigenvalue weighted by Crippen LogP contribution is 2.29. The summed E-state index contributed by atoms with van der Waals surface area (Å²) in [5, 5.41) is 26.2. The average molecular weight is 494 g/mol. The van der Waals surface area contributed by atoms with Crippen LogP contribution in [0.25, 0.3) is 11.4 Å². The van der Waals surface area contributed by atoms with Gasteiger partial charge >= 0.3 is 0 Å². The number of aliphatic hydroxyl groups excluding tert-OH is 1. The molecular weight excluding hydrogens is 465 g/mol. The first kappa shape index (κ1) is 25.1. The molecule has 0 radical (unpaired) electrons. The van der Waals surface area contributed by atoms with Crippen molar-refractivity contribution in [3.63, 3.8) is 0 Å². The molecule has 0 bridgehead atoms. The first-order valence-corrected chi connectivity index (χ1v) is 11.6. The number of nitriles is 1. The zero-order chi connectivity index (χ0) is 25.9. The van der Waals surface area contributed by atoms with Gasteiger partial charge in [0.15, 0.2) is 12.0 Å². The van der Waals surface area contributed by atoms with Crippen molar-refractivity contribution in [2.24, 2.45) is 0 Å². The molecule has 1 aromatic carbocycles. The third-order valence-electron chi connectivity index (χ3n) is 5.80. The third-order valence-corrected chi connectivity index (χ3v) is 5.80. The zero-order valence-electron chi connectivity index (χ0n) is 20.3. The minimum absolute atomic E-state index is 0.149. The van der Waals surface area contributed by atoms with Gasteiger partial charge < -0.3 is 20.1 Å². The first-order valence-electron chi connectivity index (χ1n) is 11.6. The van der Waals surface area contributed by atoms with E-state index in [1.807, 2.05) is 10.9 Å². The summed E-state index contributed by atoms with van der Waals surface area (Å²) < 4.78 is 22.3. The van der Waals surface area contributed by atoms with Crippen LogP contribution in [0.1, 0.15) is 32.8 Å². The number of amides is 1. The predicted molar refractivity (Wildman–Crippen MR) is 130 cm³/mol. The topological polar surface area (TPSA) is 129 Å². The second-order valence-electron chi connectivity index (χ2n) is 9.52. The highest BCUT2D eigenvalue weighted by atomic mass is 19.1. The van der Waals surface area contributed by atoms with Crippen LogP contribution in [0.2, 0.25) is 0 Å². The summed E-state index contributed by atoms with van der Waals surface area (Å²) >= 11 is 0. The smallest absolute Gasteiger partial charge is 0.248 e. The zero-order valence-corrected chi connectivity index (χ0v) is 20.3. The predicted octanol–water partition coefficient (Wildman–Crippen LogP) is 3.02. The van der Waals surface area contributed by atoms with Crippen LogP contribution in [-0.2, 0) is 10.3 Å². The number of carbonyl (C=O) groups is 1. The fraction of sp³-hybridized carbons (Fsp3) is 0.400. The Hall–Kier alpha value is -4.04. The minimum atomic E-state index is -1.44. The Morgan fingerprint density at radius 1 is 1.36 bits per heavy atom. The molecule has 188 valence electrons. The summed E-state index contributed by atoms with van der Waals surface area (Å²) in [6.07, 6.45) is 3.24. The molecule has 11 heteroatoms. The van der Waals surface area contributed by atoms with E-state index in [2.05, 4.69) is 47.2 Å². The Balaban J connectivity index is 1.48.